The second kappa shape index (κ2) is 4.69. The van der Waals surface area contributed by atoms with Gasteiger partial charge in [0.1, 0.15) is 5.82 Å². The van der Waals surface area contributed by atoms with Crippen molar-refractivity contribution in [1.29, 1.82) is 0 Å². The summed E-state index contributed by atoms with van der Waals surface area (Å²) < 4.78 is 0. The molecule has 4 N–H and O–H groups in total. The SMILES string of the molecule is Cc1nc2ccc(C3CCC(=O)NC3=O)c(N)c2c(=O)[nH]1. The van der Waals surface area contributed by atoms with E-state index in [1.54, 1.807) is 19.1 Å². The number of carbonyl (C=O) groups excluding carboxylic acids is 2. The highest BCUT2D eigenvalue weighted by Crippen LogP contribution is 2.32. The third-order valence-corrected chi connectivity index (χ3v) is 3.68. The molecule has 2 amide bonds. The Hall–Kier alpha value is -2.70. The van der Waals surface area contributed by atoms with Crippen molar-refractivity contribution in [2.75, 3.05) is 5.73 Å². The molecule has 0 radical (unpaired) electrons. The molecular formula is C14H14N4O3. The number of aromatic amines is 1. The van der Waals surface area contributed by atoms with Crippen molar-refractivity contribution in [3.05, 3.63) is 33.9 Å². The first-order valence-electron chi connectivity index (χ1n) is 6.60. The van der Waals surface area contributed by atoms with Crippen LogP contribution < -0.4 is 16.6 Å². The molecule has 2 heterocycles. The normalized spacial score (nSPS) is 18.8. The van der Waals surface area contributed by atoms with Gasteiger partial charge in [-0.15, -0.1) is 0 Å². The van der Waals surface area contributed by atoms with Crippen LogP contribution in [-0.4, -0.2) is 21.8 Å². The molecule has 7 heteroatoms. The van der Waals surface area contributed by atoms with Crippen molar-refractivity contribution in [3.63, 3.8) is 0 Å². The number of carbonyl (C=O) groups is 2. The van der Waals surface area contributed by atoms with E-state index < -0.39 is 5.92 Å². The Morgan fingerprint density at radius 2 is 2.05 bits per heavy atom. The lowest BCUT2D eigenvalue weighted by atomic mass is 9.88. The molecule has 1 saturated heterocycles. The van der Waals surface area contributed by atoms with Crippen molar-refractivity contribution in [2.45, 2.75) is 25.7 Å². The summed E-state index contributed by atoms with van der Waals surface area (Å²) in [7, 11) is 0. The number of nitrogens with zero attached hydrogens (tertiary/aromatic N) is 1. The van der Waals surface area contributed by atoms with E-state index in [1.807, 2.05) is 0 Å². The second-order valence-corrected chi connectivity index (χ2v) is 5.12. The van der Waals surface area contributed by atoms with Gasteiger partial charge >= 0.3 is 0 Å². The molecule has 21 heavy (non-hydrogen) atoms. The minimum atomic E-state index is -0.521. The molecule has 108 valence electrons. The summed E-state index contributed by atoms with van der Waals surface area (Å²) in [6.07, 6.45) is 0.647. The summed E-state index contributed by atoms with van der Waals surface area (Å²) in [4.78, 5) is 42.0. The van der Waals surface area contributed by atoms with Crippen LogP contribution in [0, 0.1) is 6.92 Å². The number of piperidine rings is 1. The first kappa shape index (κ1) is 13.3. The predicted molar refractivity (Wildman–Crippen MR) is 76.6 cm³/mol. The van der Waals surface area contributed by atoms with Crippen LogP contribution in [0.15, 0.2) is 16.9 Å². The number of imide groups is 1. The molecule has 2 aromatic rings. The Bertz CT molecular complexity index is 825. The van der Waals surface area contributed by atoms with Gasteiger partial charge in [-0.25, -0.2) is 4.98 Å². The van der Waals surface area contributed by atoms with Gasteiger partial charge in [0.2, 0.25) is 11.8 Å². The van der Waals surface area contributed by atoms with E-state index in [1.165, 1.54) is 0 Å². The smallest absolute Gasteiger partial charge is 0.260 e. The molecule has 7 nitrogen and oxygen atoms in total. The van der Waals surface area contributed by atoms with Gasteiger partial charge in [-0.2, -0.15) is 0 Å². The van der Waals surface area contributed by atoms with Crippen LogP contribution in [0.2, 0.25) is 0 Å². The molecule has 3 rings (SSSR count). The van der Waals surface area contributed by atoms with Crippen molar-refractivity contribution in [2.24, 2.45) is 0 Å². The number of H-pyrrole nitrogens is 1. The van der Waals surface area contributed by atoms with Crippen LogP contribution in [0.4, 0.5) is 5.69 Å². The number of rotatable bonds is 1. The second-order valence-electron chi connectivity index (χ2n) is 5.12. The number of anilines is 1. The zero-order chi connectivity index (χ0) is 15.1. The molecule has 1 unspecified atom stereocenters. The van der Waals surface area contributed by atoms with Crippen molar-refractivity contribution in [3.8, 4) is 0 Å². The highest BCUT2D eigenvalue weighted by molar-refractivity contribution is 6.03. The van der Waals surface area contributed by atoms with Gasteiger partial charge in [-0.1, -0.05) is 6.07 Å². The van der Waals surface area contributed by atoms with Crippen LogP contribution in [0.5, 0.6) is 0 Å². The van der Waals surface area contributed by atoms with Crippen LogP contribution in [0.25, 0.3) is 10.9 Å². The van der Waals surface area contributed by atoms with Gasteiger partial charge in [-0.05, 0) is 25.0 Å². The molecule has 1 aromatic heterocycles. The number of hydrogen-bond acceptors (Lipinski definition) is 5. The van der Waals surface area contributed by atoms with E-state index in [0.29, 0.717) is 23.3 Å². The molecule has 0 aliphatic carbocycles. The molecule has 1 aliphatic rings. The van der Waals surface area contributed by atoms with Gasteiger partial charge < -0.3 is 10.7 Å². The number of aromatic nitrogens is 2. The summed E-state index contributed by atoms with van der Waals surface area (Å²) in [6.45, 7) is 1.69. The number of benzene rings is 1. The fraction of sp³-hybridized carbons (Fsp3) is 0.286. The standard InChI is InChI=1S/C14H14N4O3/c1-6-16-9-4-2-7(12(15)11(9)14(21)17-6)8-3-5-10(19)18-13(8)20/h2,4,8H,3,5,15H2,1H3,(H,16,17,21)(H,18,19,20). The zero-order valence-corrected chi connectivity index (χ0v) is 11.4. The number of fused-ring (bicyclic) bond motifs is 1. The fourth-order valence-corrected chi connectivity index (χ4v) is 2.69. The number of nitrogens with one attached hydrogen (secondary N) is 2. The summed E-state index contributed by atoms with van der Waals surface area (Å²) in [5, 5.41) is 2.57. The van der Waals surface area contributed by atoms with E-state index >= 15 is 0 Å². The highest BCUT2D eigenvalue weighted by atomic mass is 16.2. The number of aryl methyl sites for hydroxylation is 1. The lowest BCUT2D eigenvalue weighted by Gasteiger charge is -2.22. The molecule has 0 saturated carbocycles. The zero-order valence-electron chi connectivity index (χ0n) is 11.4. The van der Waals surface area contributed by atoms with Gasteiger partial charge in [0.15, 0.2) is 0 Å². The molecule has 1 aromatic carbocycles. The first-order chi connectivity index (χ1) is 9.97. The topological polar surface area (TPSA) is 118 Å². The monoisotopic (exact) mass is 286 g/mol. The third-order valence-electron chi connectivity index (χ3n) is 3.68. The lowest BCUT2D eigenvalue weighted by Crippen LogP contribution is -2.39. The highest BCUT2D eigenvalue weighted by Gasteiger charge is 2.30. The minimum Gasteiger partial charge on any atom is -0.398 e. The third kappa shape index (κ3) is 2.16. The maximum atomic E-state index is 12.1. The van der Waals surface area contributed by atoms with Gasteiger partial charge in [-0.3, -0.25) is 19.7 Å². The average Bonchev–Trinajstić information content (AvgIpc) is 2.39. The summed E-state index contributed by atoms with van der Waals surface area (Å²) in [5.41, 5.74) is 7.04. The fourth-order valence-electron chi connectivity index (χ4n) is 2.69. The van der Waals surface area contributed by atoms with E-state index in [2.05, 4.69) is 15.3 Å². The average molecular weight is 286 g/mol. The number of hydrogen-bond donors (Lipinski definition) is 3. The van der Waals surface area contributed by atoms with E-state index in [-0.39, 0.29) is 34.9 Å². The molecule has 0 bridgehead atoms. The van der Waals surface area contributed by atoms with E-state index in [4.69, 9.17) is 5.73 Å². The van der Waals surface area contributed by atoms with Crippen LogP contribution in [0.3, 0.4) is 0 Å². The van der Waals surface area contributed by atoms with Crippen LogP contribution in [-0.2, 0) is 9.59 Å². The van der Waals surface area contributed by atoms with Crippen LogP contribution >= 0.6 is 0 Å². The maximum absolute atomic E-state index is 12.1. The molecule has 1 fully saturated rings. The Morgan fingerprint density at radius 3 is 2.76 bits per heavy atom. The van der Waals surface area contributed by atoms with E-state index in [9.17, 15) is 14.4 Å². The van der Waals surface area contributed by atoms with Gasteiger partial charge in [0, 0.05) is 6.42 Å². The predicted octanol–water partition coefficient (Wildman–Crippen LogP) is 0.334. The van der Waals surface area contributed by atoms with Crippen molar-refractivity contribution >= 4 is 28.4 Å². The van der Waals surface area contributed by atoms with Crippen molar-refractivity contribution < 1.29 is 9.59 Å². The largest absolute Gasteiger partial charge is 0.398 e. The Morgan fingerprint density at radius 1 is 1.29 bits per heavy atom. The summed E-state index contributed by atoms with van der Waals surface area (Å²) >= 11 is 0. The minimum absolute atomic E-state index is 0.246. The Kier molecular flexibility index (Phi) is 2.97. The number of nitrogen functional groups attached to an aromatic ring is 1. The molecule has 0 spiro atoms. The maximum Gasteiger partial charge on any atom is 0.260 e. The quantitative estimate of drug-likeness (QED) is 0.516. The first-order valence-corrected chi connectivity index (χ1v) is 6.60. The summed E-state index contributed by atoms with van der Waals surface area (Å²) in [6, 6.07) is 3.37. The molecular weight excluding hydrogens is 272 g/mol. The Balaban J connectivity index is 2.17. The van der Waals surface area contributed by atoms with E-state index in [0.717, 1.165) is 0 Å². The molecule has 1 aliphatic heterocycles. The summed E-state index contributed by atoms with van der Waals surface area (Å²) in [5.74, 6) is -0.687. The number of amides is 2. The van der Waals surface area contributed by atoms with Crippen LogP contribution in [0.1, 0.15) is 30.1 Å². The van der Waals surface area contributed by atoms with Gasteiger partial charge in [0.25, 0.3) is 5.56 Å². The Labute approximate surface area is 119 Å². The van der Waals surface area contributed by atoms with Gasteiger partial charge in [0.05, 0.1) is 22.5 Å². The lowest BCUT2D eigenvalue weighted by molar-refractivity contribution is -0.134. The number of nitrogens with two attached hydrogens (primary N) is 1. The molecule has 1 atom stereocenters. The van der Waals surface area contributed by atoms with Crippen molar-refractivity contribution in [1.82, 2.24) is 15.3 Å².